The zero-order valence-corrected chi connectivity index (χ0v) is 10.2. The van der Waals surface area contributed by atoms with Gasteiger partial charge in [0.2, 0.25) is 5.91 Å². The summed E-state index contributed by atoms with van der Waals surface area (Å²) in [5, 5.41) is 6.23. The highest BCUT2D eigenvalue weighted by Crippen LogP contribution is 2.09. The molecular formula is C11H23N3O. The summed E-state index contributed by atoms with van der Waals surface area (Å²) >= 11 is 0. The van der Waals surface area contributed by atoms with Crippen LogP contribution in [0.5, 0.6) is 0 Å². The van der Waals surface area contributed by atoms with Gasteiger partial charge in [-0.25, -0.2) is 0 Å². The molecule has 0 aliphatic carbocycles. The first-order valence-electron chi connectivity index (χ1n) is 5.72. The van der Waals surface area contributed by atoms with E-state index >= 15 is 0 Å². The normalized spacial score (nSPS) is 25.4. The zero-order valence-electron chi connectivity index (χ0n) is 10.2. The number of carbonyl (C=O) groups is 1. The lowest BCUT2D eigenvalue weighted by molar-refractivity contribution is -0.126. The molecule has 2 N–H and O–H groups in total. The molecule has 15 heavy (non-hydrogen) atoms. The van der Waals surface area contributed by atoms with Crippen LogP contribution in [-0.2, 0) is 4.79 Å². The maximum atomic E-state index is 11.5. The van der Waals surface area contributed by atoms with E-state index in [4.69, 9.17) is 0 Å². The third-order valence-electron chi connectivity index (χ3n) is 3.00. The molecule has 88 valence electrons. The molecule has 1 aliphatic rings. The summed E-state index contributed by atoms with van der Waals surface area (Å²) in [5.74, 6) is 0.657. The molecule has 0 bridgehead atoms. The second kappa shape index (κ2) is 5.47. The van der Waals surface area contributed by atoms with Gasteiger partial charge in [-0.15, -0.1) is 0 Å². The van der Waals surface area contributed by atoms with Crippen LogP contribution in [-0.4, -0.2) is 49.6 Å². The maximum Gasteiger partial charge on any atom is 0.234 e. The molecule has 0 aromatic carbocycles. The number of piperazine rings is 1. The lowest BCUT2D eigenvalue weighted by Gasteiger charge is -2.36. The number of hydrogen-bond donors (Lipinski definition) is 2. The Morgan fingerprint density at radius 3 is 2.73 bits per heavy atom. The first-order valence-corrected chi connectivity index (χ1v) is 5.72. The van der Waals surface area contributed by atoms with Crippen molar-refractivity contribution in [3.05, 3.63) is 0 Å². The van der Waals surface area contributed by atoms with Crippen LogP contribution in [0.15, 0.2) is 0 Å². The molecule has 1 fully saturated rings. The van der Waals surface area contributed by atoms with Crippen molar-refractivity contribution in [1.82, 2.24) is 15.5 Å². The molecule has 0 radical (unpaired) electrons. The van der Waals surface area contributed by atoms with E-state index in [9.17, 15) is 4.79 Å². The van der Waals surface area contributed by atoms with E-state index in [1.54, 1.807) is 0 Å². The topological polar surface area (TPSA) is 44.4 Å². The van der Waals surface area contributed by atoms with Crippen molar-refractivity contribution in [2.24, 2.45) is 5.92 Å². The Bertz CT molecular complexity index is 218. The number of rotatable bonds is 4. The van der Waals surface area contributed by atoms with Gasteiger partial charge in [0, 0.05) is 25.2 Å². The van der Waals surface area contributed by atoms with Gasteiger partial charge >= 0.3 is 0 Å². The maximum absolute atomic E-state index is 11.5. The monoisotopic (exact) mass is 213 g/mol. The summed E-state index contributed by atoms with van der Waals surface area (Å²) < 4.78 is 0. The smallest absolute Gasteiger partial charge is 0.234 e. The molecule has 0 spiro atoms. The standard InChI is InChI=1S/C11H23N3O/c1-8(2)10-6-14(5-9(3)12-4)7-11(15)13-10/h8-10,12H,5-7H2,1-4H3,(H,13,15). The number of nitrogens with one attached hydrogen (secondary N) is 2. The fourth-order valence-corrected chi connectivity index (χ4v) is 1.84. The van der Waals surface area contributed by atoms with Gasteiger partial charge in [0.1, 0.15) is 0 Å². The van der Waals surface area contributed by atoms with Gasteiger partial charge in [0.15, 0.2) is 0 Å². The molecule has 1 aliphatic heterocycles. The van der Waals surface area contributed by atoms with Crippen LogP contribution in [0.25, 0.3) is 0 Å². The van der Waals surface area contributed by atoms with Crippen LogP contribution < -0.4 is 10.6 Å². The third-order valence-corrected chi connectivity index (χ3v) is 3.00. The molecule has 1 saturated heterocycles. The average molecular weight is 213 g/mol. The molecule has 0 aromatic heterocycles. The summed E-state index contributed by atoms with van der Waals surface area (Å²) in [6.07, 6.45) is 0. The lowest BCUT2D eigenvalue weighted by atomic mass is 10.0. The minimum atomic E-state index is 0.156. The Morgan fingerprint density at radius 2 is 2.20 bits per heavy atom. The number of nitrogens with zero attached hydrogens (tertiary/aromatic N) is 1. The summed E-state index contributed by atoms with van der Waals surface area (Å²) in [5.41, 5.74) is 0. The SMILES string of the molecule is CNC(C)CN1CC(=O)NC(C(C)C)C1. The summed E-state index contributed by atoms with van der Waals surface area (Å²) in [4.78, 5) is 13.7. The van der Waals surface area contributed by atoms with Gasteiger partial charge in [0.05, 0.1) is 6.54 Å². The van der Waals surface area contributed by atoms with Crippen molar-refractivity contribution in [3.8, 4) is 0 Å². The van der Waals surface area contributed by atoms with E-state index in [2.05, 4.69) is 36.3 Å². The van der Waals surface area contributed by atoms with Gasteiger partial charge in [-0.3, -0.25) is 9.69 Å². The molecule has 0 aromatic rings. The summed E-state index contributed by atoms with van der Waals surface area (Å²) in [6.45, 7) is 8.88. The van der Waals surface area contributed by atoms with Crippen LogP contribution in [0.4, 0.5) is 0 Å². The van der Waals surface area contributed by atoms with Crippen molar-refractivity contribution < 1.29 is 4.79 Å². The van der Waals surface area contributed by atoms with Crippen LogP contribution in [0.2, 0.25) is 0 Å². The van der Waals surface area contributed by atoms with Crippen molar-refractivity contribution in [1.29, 1.82) is 0 Å². The highest BCUT2D eigenvalue weighted by atomic mass is 16.2. The number of hydrogen-bond acceptors (Lipinski definition) is 3. The fourth-order valence-electron chi connectivity index (χ4n) is 1.84. The molecular weight excluding hydrogens is 190 g/mol. The third kappa shape index (κ3) is 3.80. The molecule has 2 unspecified atom stereocenters. The predicted molar refractivity (Wildman–Crippen MR) is 61.7 cm³/mol. The average Bonchev–Trinajstić information content (AvgIpc) is 2.16. The van der Waals surface area contributed by atoms with Gasteiger partial charge < -0.3 is 10.6 Å². The molecule has 1 amide bonds. The Morgan fingerprint density at radius 1 is 1.53 bits per heavy atom. The predicted octanol–water partition coefficient (Wildman–Crippen LogP) is 0.0507. The van der Waals surface area contributed by atoms with E-state index in [-0.39, 0.29) is 5.91 Å². The molecule has 4 heteroatoms. The Kier molecular flexibility index (Phi) is 4.54. The first-order chi connectivity index (χ1) is 7.02. The van der Waals surface area contributed by atoms with Crippen molar-refractivity contribution in [2.45, 2.75) is 32.9 Å². The van der Waals surface area contributed by atoms with E-state index in [0.29, 0.717) is 24.5 Å². The molecule has 2 atom stereocenters. The Labute approximate surface area is 92.4 Å². The Hall–Kier alpha value is -0.610. The van der Waals surface area contributed by atoms with Crippen molar-refractivity contribution in [3.63, 3.8) is 0 Å². The lowest BCUT2D eigenvalue weighted by Crippen LogP contribution is -2.57. The van der Waals surface area contributed by atoms with E-state index in [0.717, 1.165) is 13.1 Å². The minimum Gasteiger partial charge on any atom is -0.351 e. The summed E-state index contributed by atoms with van der Waals surface area (Å²) in [6, 6.07) is 0.735. The zero-order chi connectivity index (χ0) is 11.4. The minimum absolute atomic E-state index is 0.156. The van der Waals surface area contributed by atoms with E-state index < -0.39 is 0 Å². The van der Waals surface area contributed by atoms with Crippen LogP contribution in [0, 0.1) is 5.92 Å². The van der Waals surface area contributed by atoms with Crippen molar-refractivity contribution >= 4 is 5.91 Å². The molecule has 1 heterocycles. The van der Waals surface area contributed by atoms with Gasteiger partial charge in [0.25, 0.3) is 0 Å². The van der Waals surface area contributed by atoms with Gasteiger partial charge in [-0.2, -0.15) is 0 Å². The fraction of sp³-hybridized carbons (Fsp3) is 0.909. The first kappa shape index (κ1) is 12.5. The number of likely N-dealkylation sites (N-methyl/N-ethyl adjacent to an activating group) is 1. The largest absolute Gasteiger partial charge is 0.351 e. The second-order valence-corrected chi connectivity index (χ2v) is 4.80. The highest BCUT2D eigenvalue weighted by molar-refractivity contribution is 5.79. The van der Waals surface area contributed by atoms with Crippen molar-refractivity contribution in [2.75, 3.05) is 26.7 Å². The highest BCUT2D eigenvalue weighted by Gasteiger charge is 2.26. The van der Waals surface area contributed by atoms with Crippen LogP contribution >= 0.6 is 0 Å². The molecule has 1 rings (SSSR count). The Balaban J connectivity index is 2.48. The van der Waals surface area contributed by atoms with E-state index in [1.165, 1.54) is 0 Å². The second-order valence-electron chi connectivity index (χ2n) is 4.80. The quantitative estimate of drug-likeness (QED) is 0.693. The van der Waals surface area contributed by atoms with Crippen LogP contribution in [0.1, 0.15) is 20.8 Å². The van der Waals surface area contributed by atoms with Gasteiger partial charge in [-0.05, 0) is 19.9 Å². The molecule has 4 nitrogen and oxygen atoms in total. The number of carbonyl (C=O) groups excluding carboxylic acids is 1. The number of amides is 1. The van der Waals surface area contributed by atoms with E-state index in [1.807, 2.05) is 7.05 Å². The molecule has 0 saturated carbocycles. The van der Waals surface area contributed by atoms with Crippen LogP contribution in [0.3, 0.4) is 0 Å². The van der Waals surface area contributed by atoms with Gasteiger partial charge in [-0.1, -0.05) is 13.8 Å². The summed E-state index contributed by atoms with van der Waals surface area (Å²) in [7, 11) is 1.95.